The summed E-state index contributed by atoms with van der Waals surface area (Å²) in [5, 5.41) is 3.84. The summed E-state index contributed by atoms with van der Waals surface area (Å²) in [6.45, 7) is 5.22. The number of halogens is 1. The first-order valence-electron chi connectivity index (χ1n) is 7.79. The average molecular weight is 338 g/mol. The Labute approximate surface area is 130 Å². The van der Waals surface area contributed by atoms with E-state index in [-0.39, 0.29) is 0 Å². The molecule has 2 nitrogen and oxygen atoms in total. The minimum Gasteiger partial charge on any atom is -0.378 e. The van der Waals surface area contributed by atoms with Crippen molar-refractivity contribution in [3.63, 3.8) is 0 Å². The largest absolute Gasteiger partial charge is 0.378 e. The summed E-state index contributed by atoms with van der Waals surface area (Å²) in [5.41, 5.74) is 1.81. The third-order valence-electron chi connectivity index (χ3n) is 5.26. The minimum atomic E-state index is 0.410. The highest BCUT2D eigenvalue weighted by Gasteiger charge is 2.58. The second kappa shape index (κ2) is 5.78. The maximum absolute atomic E-state index is 5.92. The number of hydrogen-bond donors (Lipinski definition) is 1. The van der Waals surface area contributed by atoms with Crippen molar-refractivity contribution < 1.29 is 4.74 Å². The fourth-order valence-electron chi connectivity index (χ4n) is 3.82. The maximum Gasteiger partial charge on any atom is 0.0661 e. The minimum absolute atomic E-state index is 0.410. The SMILES string of the molecule is CCOC1CC(N[C@@H](C)c2ccc(Br)cc2)C12CCC2. The second-order valence-electron chi connectivity index (χ2n) is 6.26. The van der Waals surface area contributed by atoms with E-state index in [0.717, 1.165) is 11.1 Å². The highest BCUT2D eigenvalue weighted by Crippen LogP contribution is 2.57. The van der Waals surface area contributed by atoms with Crippen molar-refractivity contribution in [3.8, 4) is 0 Å². The smallest absolute Gasteiger partial charge is 0.0661 e. The van der Waals surface area contributed by atoms with Gasteiger partial charge < -0.3 is 10.1 Å². The number of nitrogens with one attached hydrogen (secondary N) is 1. The Morgan fingerprint density at radius 1 is 1.35 bits per heavy atom. The van der Waals surface area contributed by atoms with Crippen LogP contribution >= 0.6 is 15.9 Å². The molecule has 3 rings (SSSR count). The molecule has 110 valence electrons. The van der Waals surface area contributed by atoms with Crippen LogP contribution in [0.2, 0.25) is 0 Å². The molecular weight excluding hydrogens is 314 g/mol. The highest BCUT2D eigenvalue weighted by atomic mass is 79.9. The van der Waals surface area contributed by atoms with Crippen LogP contribution in [0.25, 0.3) is 0 Å². The summed E-state index contributed by atoms with van der Waals surface area (Å²) >= 11 is 3.50. The average Bonchev–Trinajstić information content (AvgIpc) is 2.36. The van der Waals surface area contributed by atoms with Crippen molar-refractivity contribution in [2.75, 3.05) is 6.61 Å². The Balaban J connectivity index is 1.62. The molecule has 1 N–H and O–H groups in total. The molecule has 1 spiro atoms. The van der Waals surface area contributed by atoms with Gasteiger partial charge in [0.1, 0.15) is 0 Å². The summed E-state index contributed by atoms with van der Waals surface area (Å²) in [5.74, 6) is 0. The molecule has 0 saturated heterocycles. The van der Waals surface area contributed by atoms with Crippen molar-refractivity contribution in [3.05, 3.63) is 34.3 Å². The van der Waals surface area contributed by atoms with Crippen molar-refractivity contribution in [2.45, 2.75) is 57.7 Å². The van der Waals surface area contributed by atoms with Crippen LogP contribution in [0.1, 0.15) is 51.1 Å². The van der Waals surface area contributed by atoms with Crippen LogP contribution in [0.15, 0.2) is 28.7 Å². The molecule has 1 aromatic rings. The van der Waals surface area contributed by atoms with E-state index in [4.69, 9.17) is 4.74 Å². The van der Waals surface area contributed by atoms with Gasteiger partial charge in [0.25, 0.3) is 0 Å². The van der Waals surface area contributed by atoms with Crippen molar-refractivity contribution in [1.82, 2.24) is 5.32 Å². The molecular formula is C17H24BrNO. The van der Waals surface area contributed by atoms with Crippen molar-refractivity contribution >= 4 is 15.9 Å². The molecule has 2 fully saturated rings. The lowest BCUT2D eigenvalue weighted by Gasteiger charge is -2.61. The van der Waals surface area contributed by atoms with Crippen LogP contribution in [-0.4, -0.2) is 18.8 Å². The van der Waals surface area contributed by atoms with Crippen LogP contribution in [0.4, 0.5) is 0 Å². The fourth-order valence-corrected chi connectivity index (χ4v) is 4.09. The Hall–Kier alpha value is -0.380. The predicted molar refractivity (Wildman–Crippen MR) is 85.8 cm³/mol. The summed E-state index contributed by atoms with van der Waals surface area (Å²) < 4.78 is 7.07. The molecule has 2 aliphatic rings. The second-order valence-corrected chi connectivity index (χ2v) is 7.17. The first-order valence-corrected chi connectivity index (χ1v) is 8.58. The third kappa shape index (κ3) is 2.44. The molecule has 0 bridgehead atoms. The number of ether oxygens (including phenoxy) is 1. The Kier molecular flexibility index (Phi) is 4.21. The van der Waals surface area contributed by atoms with Gasteiger partial charge in [0, 0.05) is 28.6 Å². The number of benzene rings is 1. The Morgan fingerprint density at radius 3 is 2.60 bits per heavy atom. The molecule has 20 heavy (non-hydrogen) atoms. The van der Waals surface area contributed by atoms with Gasteiger partial charge in [-0.3, -0.25) is 0 Å². The zero-order valence-corrected chi connectivity index (χ0v) is 13.9. The molecule has 2 unspecified atom stereocenters. The van der Waals surface area contributed by atoms with E-state index in [1.54, 1.807) is 0 Å². The predicted octanol–water partition coefficient (Wildman–Crippen LogP) is 4.45. The van der Waals surface area contributed by atoms with Crippen molar-refractivity contribution in [2.24, 2.45) is 5.41 Å². The molecule has 1 aromatic carbocycles. The summed E-state index contributed by atoms with van der Waals surface area (Å²) in [6, 6.07) is 9.69. The van der Waals surface area contributed by atoms with E-state index in [0.29, 0.717) is 23.6 Å². The lowest BCUT2D eigenvalue weighted by atomic mass is 9.51. The molecule has 2 saturated carbocycles. The van der Waals surface area contributed by atoms with Gasteiger partial charge in [-0.2, -0.15) is 0 Å². The zero-order valence-electron chi connectivity index (χ0n) is 12.4. The lowest BCUT2D eigenvalue weighted by molar-refractivity contribution is -0.174. The lowest BCUT2D eigenvalue weighted by Crippen LogP contribution is -2.67. The van der Waals surface area contributed by atoms with Gasteiger partial charge in [-0.15, -0.1) is 0 Å². The zero-order chi connectivity index (χ0) is 14.2. The normalized spacial score (nSPS) is 28.8. The first kappa shape index (κ1) is 14.6. The third-order valence-corrected chi connectivity index (χ3v) is 5.79. The molecule has 0 radical (unpaired) electrons. The van der Waals surface area contributed by atoms with Crippen LogP contribution in [0.3, 0.4) is 0 Å². The standard InChI is InChI=1S/C17H24BrNO/c1-3-20-16-11-15(17(16)9-4-10-17)19-12(2)13-5-7-14(18)8-6-13/h5-8,12,15-16,19H,3-4,9-11H2,1-2H3/t12-,15?,16?/m0/s1. The van der Waals surface area contributed by atoms with Crippen LogP contribution in [-0.2, 0) is 4.74 Å². The summed E-state index contributed by atoms with van der Waals surface area (Å²) in [6.07, 6.45) is 5.71. The molecule has 2 aliphatic carbocycles. The molecule has 3 atom stereocenters. The molecule has 3 heteroatoms. The van der Waals surface area contributed by atoms with E-state index < -0.39 is 0 Å². The Bertz CT molecular complexity index is 455. The van der Waals surface area contributed by atoms with E-state index in [9.17, 15) is 0 Å². The van der Waals surface area contributed by atoms with E-state index in [1.165, 1.54) is 31.2 Å². The van der Waals surface area contributed by atoms with Gasteiger partial charge in [0.15, 0.2) is 0 Å². The van der Waals surface area contributed by atoms with Gasteiger partial charge in [-0.1, -0.05) is 34.5 Å². The molecule has 0 aliphatic heterocycles. The van der Waals surface area contributed by atoms with Gasteiger partial charge in [0.2, 0.25) is 0 Å². The highest BCUT2D eigenvalue weighted by molar-refractivity contribution is 9.10. The summed E-state index contributed by atoms with van der Waals surface area (Å²) in [4.78, 5) is 0. The van der Waals surface area contributed by atoms with Gasteiger partial charge in [-0.05, 0) is 50.8 Å². The van der Waals surface area contributed by atoms with Gasteiger partial charge >= 0.3 is 0 Å². The molecule has 0 aromatic heterocycles. The van der Waals surface area contributed by atoms with Crippen LogP contribution in [0.5, 0.6) is 0 Å². The van der Waals surface area contributed by atoms with E-state index in [1.807, 2.05) is 0 Å². The van der Waals surface area contributed by atoms with Crippen LogP contribution < -0.4 is 5.32 Å². The van der Waals surface area contributed by atoms with Gasteiger partial charge in [0.05, 0.1) is 6.10 Å². The topological polar surface area (TPSA) is 21.3 Å². The van der Waals surface area contributed by atoms with Gasteiger partial charge in [-0.25, -0.2) is 0 Å². The van der Waals surface area contributed by atoms with Crippen molar-refractivity contribution in [1.29, 1.82) is 0 Å². The maximum atomic E-state index is 5.92. The monoisotopic (exact) mass is 337 g/mol. The quantitative estimate of drug-likeness (QED) is 0.857. The van der Waals surface area contributed by atoms with E-state index in [2.05, 4.69) is 59.4 Å². The number of hydrogen-bond acceptors (Lipinski definition) is 2. The molecule has 0 heterocycles. The molecule has 0 amide bonds. The van der Waals surface area contributed by atoms with E-state index >= 15 is 0 Å². The van der Waals surface area contributed by atoms with Crippen LogP contribution in [0, 0.1) is 5.41 Å². The number of rotatable bonds is 5. The summed E-state index contributed by atoms with van der Waals surface area (Å²) in [7, 11) is 0. The first-order chi connectivity index (χ1) is 9.65. The fraction of sp³-hybridized carbons (Fsp3) is 0.647. The Morgan fingerprint density at radius 2 is 2.05 bits per heavy atom.